The first-order valence-corrected chi connectivity index (χ1v) is 10.8. The molecule has 4 aromatic rings. The predicted octanol–water partition coefficient (Wildman–Crippen LogP) is 4.88. The minimum atomic E-state index is 0.488. The van der Waals surface area contributed by atoms with Crippen molar-refractivity contribution in [1.29, 1.82) is 0 Å². The molecule has 29 heavy (non-hydrogen) atoms. The number of hydrogen-bond donors (Lipinski definition) is 2. The van der Waals surface area contributed by atoms with E-state index in [-0.39, 0.29) is 0 Å². The fourth-order valence-corrected chi connectivity index (χ4v) is 4.91. The summed E-state index contributed by atoms with van der Waals surface area (Å²) >= 11 is 3.45. The van der Waals surface area contributed by atoms with Crippen molar-refractivity contribution >= 4 is 49.5 Å². The lowest BCUT2D eigenvalue weighted by Gasteiger charge is -2.14. The third kappa shape index (κ3) is 3.44. The van der Waals surface area contributed by atoms with Crippen molar-refractivity contribution in [2.24, 2.45) is 5.92 Å². The second-order valence-corrected chi connectivity index (χ2v) is 8.83. The maximum absolute atomic E-state index is 5.98. The fraction of sp³-hybridized carbons (Fsp3) is 0.318. The average Bonchev–Trinajstić information content (AvgIpc) is 3.35. The van der Waals surface area contributed by atoms with Crippen molar-refractivity contribution < 1.29 is 0 Å². The van der Waals surface area contributed by atoms with E-state index in [0.29, 0.717) is 17.7 Å². The highest BCUT2D eigenvalue weighted by Crippen LogP contribution is 2.39. The van der Waals surface area contributed by atoms with Gasteiger partial charge in [-0.2, -0.15) is 0 Å². The number of benzene rings is 1. The van der Waals surface area contributed by atoms with Gasteiger partial charge in [0, 0.05) is 17.6 Å². The highest BCUT2D eigenvalue weighted by Gasteiger charge is 2.27. The van der Waals surface area contributed by atoms with Crippen LogP contribution in [-0.2, 0) is 6.42 Å². The summed E-state index contributed by atoms with van der Waals surface area (Å²) < 4.78 is 3.13. The van der Waals surface area contributed by atoms with Gasteiger partial charge < -0.3 is 16.0 Å². The minimum absolute atomic E-state index is 0.488. The zero-order valence-corrected chi connectivity index (χ0v) is 17.6. The minimum Gasteiger partial charge on any atom is -0.383 e. The Kier molecular flexibility index (Phi) is 4.62. The molecular formula is C22H23BrN6. The number of aryl methyl sites for hydroxylation is 1. The summed E-state index contributed by atoms with van der Waals surface area (Å²) in [6.45, 7) is 0. The molecule has 0 radical (unpaired) electrons. The van der Waals surface area contributed by atoms with Crippen LogP contribution in [0.5, 0.6) is 0 Å². The number of pyridine rings is 1. The summed E-state index contributed by atoms with van der Waals surface area (Å²) in [5.41, 5.74) is 15.2. The maximum atomic E-state index is 5.98. The summed E-state index contributed by atoms with van der Waals surface area (Å²) in [5.74, 6) is 1.81. The van der Waals surface area contributed by atoms with Gasteiger partial charge >= 0.3 is 0 Å². The molecular weight excluding hydrogens is 428 g/mol. The third-order valence-electron chi connectivity index (χ3n) is 6.15. The smallest absolute Gasteiger partial charge is 0.145 e. The number of fused-ring (bicyclic) bond motifs is 2. The summed E-state index contributed by atoms with van der Waals surface area (Å²) in [6.07, 6.45) is 9.52. The number of rotatable bonds is 4. The number of halogens is 1. The molecule has 0 saturated heterocycles. The highest BCUT2D eigenvalue weighted by molar-refractivity contribution is 9.10. The molecule has 6 nitrogen and oxygen atoms in total. The van der Waals surface area contributed by atoms with Gasteiger partial charge in [-0.15, -0.1) is 0 Å². The Morgan fingerprint density at radius 2 is 1.97 bits per heavy atom. The molecule has 1 saturated carbocycles. The Hall–Kier alpha value is -2.67. The van der Waals surface area contributed by atoms with Gasteiger partial charge in [-0.3, -0.25) is 0 Å². The van der Waals surface area contributed by atoms with Gasteiger partial charge in [-0.25, -0.2) is 15.0 Å². The van der Waals surface area contributed by atoms with E-state index in [9.17, 15) is 0 Å². The topological polar surface area (TPSA) is 95.6 Å². The van der Waals surface area contributed by atoms with Gasteiger partial charge in [-0.05, 0) is 77.7 Å². The van der Waals surface area contributed by atoms with Crippen LogP contribution in [0.25, 0.3) is 21.9 Å². The summed E-state index contributed by atoms with van der Waals surface area (Å²) in [7, 11) is 0. The number of nitrogen functional groups attached to an aromatic ring is 2. The molecule has 4 N–H and O–H groups in total. The molecule has 5 rings (SSSR count). The molecule has 0 spiro atoms. The summed E-state index contributed by atoms with van der Waals surface area (Å²) in [5, 5.41) is 2.06. The lowest BCUT2D eigenvalue weighted by Crippen LogP contribution is -2.06. The molecule has 1 aromatic carbocycles. The molecule has 1 aliphatic rings. The third-order valence-corrected chi connectivity index (χ3v) is 6.79. The van der Waals surface area contributed by atoms with E-state index in [2.05, 4.69) is 59.8 Å². The van der Waals surface area contributed by atoms with E-state index >= 15 is 0 Å². The Morgan fingerprint density at radius 3 is 2.86 bits per heavy atom. The first kappa shape index (κ1) is 18.4. The second-order valence-electron chi connectivity index (χ2n) is 7.97. The Labute approximate surface area is 177 Å². The summed E-state index contributed by atoms with van der Waals surface area (Å²) in [6, 6.07) is 11.1. The first-order valence-electron chi connectivity index (χ1n) is 10.00. The van der Waals surface area contributed by atoms with E-state index in [0.717, 1.165) is 38.7 Å². The van der Waals surface area contributed by atoms with Crippen LogP contribution in [0.4, 0.5) is 11.6 Å². The molecule has 0 bridgehead atoms. The monoisotopic (exact) mass is 450 g/mol. The van der Waals surface area contributed by atoms with Crippen molar-refractivity contribution in [2.75, 3.05) is 11.5 Å². The van der Waals surface area contributed by atoms with Crippen LogP contribution in [0.3, 0.4) is 0 Å². The van der Waals surface area contributed by atoms with E-state index < -0.39 is 0 Å². The predicted molar refractivity (Wildman–Crippen MR) is 120 cm³/mol. The average molecular weight is 451 g/mol. The van der Waals surface area contributed by atoms with Gasteiger partial charge in [0.25, 0.3) is 0 Å². The standard InChI is InChI=1S/C22H23BrN6/c23-18-11-15-5-3-14(10-19(15)28-21(18)25)2-1-13-4-6-16(9-13)29-8-7-17-20(24)26-12-27-22(17)29/h3,5,7-8,10-13,16H,1-2,4,6,9H2,(H2,25,28)(H2,24,26,27)/t13-,16+/m0/s1. The molecule has 1 fully saturated rings. The first-order chi connectivity index (χ1) is 14.1. The molecule has 148 valence electrons. The second kappa shape index (κ2) is 7.30. The highest BCUT2D eigenvalue weighted by atomic mass is 79.9. The van der Waals surface area contributed by atoms with E-state index in [4.69, 9.17) is 11.5 Å². The zero-order chi connectivity index (χ0) is 20.0. The van der Waals surface area contributed by atoms with E-state index in [1.54, 1.807) is 6.33 Å². The molecule has 1 aliphatic carbocycles. The van der Waals surface area contributed by atoms with Crippen LogP contribution in [0.1, 0.15) is 37.3 Å². The van der Waals surface area contributed by atoms with Crippen molar-refractivity contribution in [2.45, 2.75) is 38.1 Å². The lowest BCUT2D eigenvalue weighted by atomic mass is 9.97. The van der Waals surface area contributed by atoms with Crippen LogP contribution >= 0.6 is 15.9 Å². The van der Waals surface area contributed by atoms with E-state index in [1.807, 2.05) is 12.1 Å². The van der Waals surface area contributed by atoms with Crippen molar-refractivity contribution in [3.05, 3.63) is 52.9 Å². The van der Waals surface area contributed by atoms with Gasteiger partial charge in [-0.1, -0.05) is 12.1 Å². The zero-order valence-electron chi connectivity index (χ0n) is 16.1. The van der Waals surface area contributed by atoms with Gasteiger partial charge in [0.05, 0.1) is 15.4 Å². The van der Waals surface area contributed by atoms with Crippen LogP contribution in [0, 0.1) is 5.92 Å². The van der Waals surface area contributed by atoms with Gasteiger partial charge in [0.15, 0.2) is 0 Å². The normalized spacial score (nSPS) is 19.3. The maximum Gasteiger partial charge on any atom is 0.145 e. The number of nitrogens with two attached hydrogens (primary N) is 2. The molecule has 7 heteroatoms. The Balaban J connectivity index is 1.27. The number of anilines is 2. The molecule has 3 aromatic heterocycles. The fourth-order valence-electron chi connectivity index (χ4n) is 4.58. The Morgan fingerprint density at radius 1 is 1.07 bits per heavy atom. The number of nitrogens with zero attached hydrogens (tertiary/aromatic N) is 4. The SMILES string of the molecule is Nc1nc2cc(CC[C@H]3CC[C@@H](n4ccc5c(N)ncnc54)C3)ccc2cc1Br. The number of aromatic nitrogens is 4. The molecule has 0 amide bonds. The van der Waals surface area contributed by atoms with Gasteiger partial charge in [0.2, 0.25) is 0 Å². The largest absolute Gasteiger partial charge is 0.383 e. The molecule has 2 atom stereocenters. The van der Waals surface area contributed by atoms with Gasteiger partial charge in [0.1, 0.15) is 23.6 Å². The van der Waals surface area contributed by atoms with E-state index in [1.165, 1.54) is 31.2 Å². The van der Waals surface area contributed by atoms with Crippen molar-refractivity contribution in [3.63, 3.8) is 0 Å². The van der Waals surface area contributed by atoms with Crippen LogP contribution in [0.2, 0.25) is 0 Å². The lowest BCUT2D eigenvalue weighted by molar-refractivity contribution is 0.461. The molecule has 0 aliphatic heterocycles. The van der Waals surface area contributed by atoms with Crippen LogP contribution in [0.15, 0.2) is 47.3 Å². The van der Waals surface area contributed by atoms with Crippen LogP contribution < -0.4 is 11.5 Å². The summed E-state index contributed by atoms with van der Waals surface area (Å²) in [4.78, 5) is 13.1. The van der Waals surface area contributed by atoms with Crippen molar-refractivity contribution in [1.82, 2.24) is 19.5 Å². The van der Waals surface area contributed by atoms with Crippen molar-refractivity contribution in [3.8, 4) is 0 Å². The quantitative estimate of drug-likeness (QED) is 0.461. The molecule has 0 unspecified atom stereocenters. The van der Waals surface area contributed by atoms with Crippen LogP contribution in [-0.4, -0.2) is 19.5 Å². The molecule has 3 heterocycles. The number of hydrogen-bond acceptors (Lipinski definition) is 5. The Bertz CT molecular complexity index is 1200.